The predicted molar refractivity (Wildman–Crippen MR) is 41.0 cm³/mol. The van der Waals surface area contributed by atoms with Crippen LogP contribution in [0.3, 0.4) is 0 Å². The molecule has 3 nitrogen and oxygen atoms in total. The molecule has 0 aromatic rings. The van der Waals surface area contributed by atoms with Crippen LogP contribution in [0.2, 0.25) is 0 Å². The van der Waals surface area contributed by atoms with Gasteiger partial charge in [0, 0.05) is 11.9 Å². The third-order valence-corrected chi connectivity index (χ3v) is 1.64. The summed E-state index contributed by atoms with van der Waals surface area (Å²) in [6, 6.07) is 0. The summed E-state index contributed by atoms with van der Waals surface area (Å²) in [7, 11) is 0. The van der Waals surface area contributed by atoms with Gasteiger partial charge < -0.3 is 0 Å². The quantitative estimate of drug-likeness (QED) is 0.548. The Balaban J connectivity index is 2.32. The van der Waals surface area contributed by atoms with Gasteiger partial charge in [0.1, 0.15) is 0 Å². The first-order chi connectivity index (χ1) is 5.36. The van der Waals surface area contributed by atoms with Crippen molar-refractivity contribution in [3.05, 3.63) is 36.2 Å². The van der Waals surface area contributed by atoms with Crippen LogP contribution in [0.25, 0.3) is 0 Å². The lowest BCUT2D eigenvalue weighted by Gasteiger charge is -2.11. The van der Waals surface area contributed by atoms with Gasteiger partial charge in [-0.25, -0.2) is 0 Å². The van der Waals surface area contributed by atoms with Crippen molar-refractivity contribution >= 4 is 5.91 Å². The Bertz CT molecular complexity index is 276. The Hall–Kier alpha value is -1.51. The zero-order chi connectivity index (χ0) is 7.68. The van der Waals surface area contributed by atoms with E-state index in [0.717, 1.165) is 5.70 Å². The van der Waals surface area contributed by atoms with Crippen LogP contribution in [0.5, 0.6) is 0 Å². The van der Waals surface area contributed by atoms with Gasteiger partial charge in [0.15, 0.2) is 0 Å². The van der Waals surface area contributed by atoms with Crippen molar-refractivity contribution < 1.29 is 4.79 Å². The van der Waals surface area contributed by atoms with Gasteiger partial charge in [-0.3, -0.25) is 15.2 Å². The Morgan fingerprint density at radius 1 is 1.36 bits per heavy atom. The molecule has 0 spiro atoms. The van der Waals surface area contributed by atoms with E-state index in [1.807, 2.05) is 30.5 Å². The molecule has 1 amide bonds. The van der Waals surface area contributed by atoms with Crippen molar-refractivity contribution in [2.45, 2.75) is 6.42 Å². The average molecular weight is 148 g/mol. The fourth-order valence-corrected chi connectivity index (χ4v) is 1.13. The van der Waals surface area contributed by atoms with E-state index in [1.165, 1.54) is 0 Å². The fraction of sp³-hybridized carbons (Fsp3) is 0.125. The van der Waals surface area contributed by atoms with Crippen molar-refractivity contribution in [1.29, 1.82) is 0 Å². The normalized spacial score (nSPS) is 20.9. The Morgan fingerprint density at radius 3 is 3.18 bits per heavy atom. The van der Waals surface area contributed by atoms with E-state index in [1.54, 1.807) is 5.01 Å². The molecule has 2 aliphatic rings. The maximum atomic E-state index is 10.9. The number of nitrogens with one attached hydrogen (secondary N) is 1. The fourth-order valence-electron chi connectivity index (χ4n) is 1.13. The summed E-state index contributed by atoms with van der Waals surface area (Å²) in [5.74, 6) is 0.0520. The lowest BCUT2D eigenvalue weighted by atomic mass is 10.3. The first-order valence-corrected chi connectivity index (χ1v) is 3.49. The number of carbonyl (C=O) groups excluding carboxylic acids is 1. The summed E-state index contributed by atoms with van der Waals surface area (Å²) in [5.41, 5.74) is 3.70. The van der Waals surface area contributed by atoms with Gasteiger partial charge in [0.25, 0.3) is 0 Å². The van der Waals surface area contributed by atoms with Crippen LogP contribution < -0.4 is 5.43 Å². The smallest absolute Gasteiger partial charge is 0.244 e. The summed E-state index contributed by atoms with van der Waals surface area (Å²) >= 11 is 0. The van der Waals surface area contributed by atoms with E-state index in [2.05, 4.69) is 5.43 Å². The van der Waals surface area contributed by atoms with Gasteiger partial charge in [0.05, 0.1) is 6.42 Å². The Kier molecular flexibility index (Phi) is 1.28. The lowest BCUT2D eigenvalue weighted by Crippen LogP contribution is -2.26. The molecule has 3 heteroatoms. The Labute approximate surface area is 64.7 Å². The van der Waals surface area contributed by atoms with Crippen LogP contribution in [0, 0.1) is 0 Å². The SMILES string of the molecule is O=C1CC2=CC=CC=CN2N1. The molecule has 0 unspecified atom stereocenters. The second-order valence-corrected chi connectivity index (χ2v) is 2.47. The van der Waals surface area contributed by atoms with E-state index in [4.69, 9.17) is 0 Å². The highest BCUT2D eigenvalue weighted by Gasteiger charge is 2.20. The third-order valence-electron chi connectivity index (χ3n) is 1.64. The molecule has 0 aliphatic carbocycles. The molecule has 0 aromatic heterocycles. The zero-order valence-corrected chi connectivity index (χ0v) is 5.95. The van der Waals surface area contributed by atoms with Gasteiger partial charge in [-0.1, -0.05) is 12.2 Å². The van der Waals surface area contributed by atoms with Crippen LogP contribution in [0.1, 0.15) is 6.42 Å². The molecule has 2 rings (SSSR count). The summed E-state index contributed by atoms with van der Waals surface area (Å²) in [5, 5.41) is 1.74. The van der Waals surface area contributed by atoms with Crippen LogP contribution in [-0.4, -0.2) is 10.9 Å². The lowest BCUT2D eigenvalue weighted by molar-refractivity contribution is -0.120. The summed E-state index contributed by atoms with van der Waals surface area (Å²) in [6.07, 6.45) is 9.98. The minimum atomic E-state index is 0.0520. The number of amides is 1. The number of rotatable bonds is 0. The number of nitrogens with zero attached hydrogens (tertiary/aromatic N) is 1. The van der Waals surface area contributed by atoms with E-state index >= 15 is 0 Å². The van der Waals surface area contributed by atoms with E-state index < -0.39 is 0 Å². The topological polar surface area (TPSA) is 32.3 Å². The van der Waals surface area contributed by atoms with Gasteiger partial charge in [0.2, 0.25) is 5.91 Å². The number of carbonyl (C=O) groups is 1. The average Bonchev–Trinajstić information content (AvgIpc) is 2.17. The molecule has 11 heavy (non-hydrogen) atoms. The van der Waals surface area contributed by atoms with Crippen LogP contribution in [0.4, 0.5) is 0 Å². The summed E-state index contributed by atoms with van der Waals surface area (Å²) < 4.78 is 0. The van der Waals surface area contributed by atoms with Crippen molar-refractivity contribution in [2.24, 2.45) is 0 Å². The largest absolute Gasteiger partial charge is 0.273 e. The zero-order valence-electron chi connectivity index (χ0n) is 5.95. The molecule has 0 bridgehead atoms. The van der Waals surface area contributed by atoms with Gasteiger partial charge in [-0.2, -0.15) is 0 Å². The van der Waals surface area contributed by atoms with Crippen molar-refractivity contribution in [3.63, 3.8) is 0 Å². The minimum absolute atomic E-state index is 0.0520. The standard InChI is InChI=1S/C8H8N2O/c11-8-6-7-4-2-1-3-5-10(7)9-8/h1-5H,6H2,(H,9,11). The molecular weight excluding hydrogens is 140 g/mol. The highest BCUT2D eigenvalue weighted by molar-refractivity contribution is 5.81. The van der Waals surface area contributed by atoms with Crippen LogP contribution >= 0.6 is 0 Å². The number of hydrogen-bond donors (Lipinski definition) is 1. The Morgan fingerprint density at radius 2 is 2.27 bits per heavy atom. The number of fused-ring (bicyclic) bond motifs is 1. The molecular formula is C8H8N2O. The van der Waals surface area contributed by atoms with Crippen LogP contribution in [-0.2, 0) is 4.79 Å². The van der Waals surface area contributed by atoms with Crippen molar-refractivity contribution in [2.75, 3.05) is 0 Å². The van der Waals surface area contributed by atoms with Gasteiger partial charge >= 0.3 is 0 Å². The first-order valence-electron chi connectivity index (χ1n) is 3.49. The van der Waals surface area contributed by atoms with E-state index in [9.17, 15) is 4.79 Å². The van der Waals surface area contributed by atoms with Crippen molar-refractivity contribution in [3.8, 4) is 0 Å². The van der Waals surface area contributed by atoms with E-state index in [-0.39, 0.29) is 5.91 Å². The monoisotopic (exact) mass is 148 g/mol. The molecule has 0 radical (unpaired) electrons. The van der Waals surface area contributed by atoms with Crippen LogP contribution in [0.15, 0.2) is 36.2 Å². The molecule has 2 heterocycles. The van der Waals surface area contributed by atoms with E-state index in [0.29, 0.717) is 6.42 Å². The first kappa shape index (κ1) is 6.22. The third kappa shape index (κ3) is 1.05. The number of hydrogen-bond acceptors (Lipinski definition) is 2. The molecule has 0 saturated carbocycles. The summed E-state index contributed by atoms with van der Waals surface area (Å²) in [4.78, 5) is 10.9. The second kappa shape index (κ2) is 2.27. The van der Waals surface area contributed by atoms with Gasteiger partial charge in [-0.05, 0) is 12.2 Å². The molecule has 1 saturated heterocycles. The molecule has 56 valence electrons. The van der Waals surface area contributed by atoms with Gasteiger partial charge in [-0.15, -0.1) is 0 Å². The number of allylic oxidation sites excluding steroid dienone is 4. The molecule has 2 aliphatic heterocycles. The number of hydrazine groups is 1. The minimum Gasteiger partial charge on any atom is -0.273 e. The predicted octanol–water partition coefficient (Wildman–Crippen LogP) is 0.691. The maximum Gasteiger partial charge on any atom is 0.244 e. The molecule has 1 N–H and O–H groups in total. The van der Waals surface area contributed by atoms with Crippen molar-refractivity contribution in [1.82, 2.24) is 10.4 Å². The molecule has 1 fully saturated rings. The highest BCUT2D eigenvalue weighted by atomic mass is 16.2. The highest BCUT2D eigenvalue weighted by Crippen LogP contribution is 2.15. The summed E-state index contributed by atoms with van der Waals surface area (Å²) in [6.45, 7) is 0. The molecule has 0 atom stereocenters. The maximum absolute atomic E-state index is 10.9. The second-order valence-electron chi connectivity index (χ2n) is 2.47. The molecule has 0 aromatic carbocycles.